The van der Waals surface area contributed by atoms with Gasteiger partial charge in [0.1, 0.15) is 5.56 Å². The van der Waals surface area contributed by atoms with Gasteiger partial charge in [0.05, 0.1) is 6.54 Å². The number of benzene rings is 1. The van der Waals surface area contributed by atoms with Gasteiger partial charge in [-0.25, -0.2) is 0 Å². The molecule has 1 heterocycles. The normalized spacial score (nSPS) is 11.7. The maximum atomic E-state index is 12.8. The molecule has 2 rings (SSSR count). The van der Waals surface area contributed by atoms with Crippen molar-refractivity contribution in [2.45, 2.75) is 39.8 Å². The van der Waals surface area contributed by atoms with Crippen molar-refractivity contribution in [1.82, 2.24) is 15.2 Å². The summed E-state index contributed by atoms with van der Waals surface area (Å²) in [6, 6.07) is 7.43. The molecular weight excluding hydrogens is 340 g/mol. The molecule has 0 aliphatic rings. The first-order valence-electron chi connectivity index (χ1n) is 9.04. The third-order valence-corrected chi connectivity index (χ3v) is 4.77. The number of pyridine rings is 1. The van der Waals surface area contributed by atoms with Gasteiger partial charge in [-0.3, -0.25) is 9.59 Å². The molecule has 1 aromatic carbocycles. The first-order valence-corrected chi connectivity index (χ1v) is 9.04. The van der Waals surface area contributed by atoms with Crippen LogP contribution >= 0.6 is 0 Å². The Balaban J connectivity index is 2.53. The van der Waals surface area contributed by atoms with Crippen LogP contribution in [0.5, 0.6) is 0 Å². The fourth-order valence-corrected chi connectivity index (χ4v) is 2.76. The van der Waals surface area contributed by atoms with Gasteiger partial charge in [0.2, 0.25) is 0 Å². The summed E-state index contributed by atoms with van der Waals surface area (Å²) in [4.78, 5) is 25.1. The largest absolute Gasteiger partial charge is 0.399 e. The number of amides is 1. The Kier molecular flexibility index (Phi) is 6.45. The molecule has 0 saturated heterocycles. The monoisotopic (exact) mass is 368 g/mol. The molecule has 0 radical (unpaired) electrons. The van der Waals surface area contributed by atoms with Gasteiger partial charge in [-0.15, -0.1) is 0 Å². The van der Waals surface area contributed by atoms with Crippen LogP contribution in [0.25, 0.3) is 5.70 Å². The fraction of sp³-hybridized carbons (Fsp3) is 0.333. The molecule has 27 heavy (non-hydrogen) atoms. The highest BCUT2D eigenvalue weighted by Crippen LogP contribution is 2.17. The van der Waals surface area contributed by atoms with Crippen LogP contribution in [0.1, 0.15) is 47.3 Å². The molecule has 0 fully saturated rings. The van der Waals surface area contributed by atoms with E-state index in [4.69, 9.17) is 5.73 Å². The molecule has 0 spiro atoms. The van der Waals surface area contributed by atoms with Gasteiger partial charge in [-0.2, -0.15) is 0 Å². The summed E-state index contributed by atoms with van der Waals surface area (Å²) < 4.78 is 1.53. The molecule has 0 aliphatic carbocycles. The lowest BCUT2D eigenvalue weighted by atomic mass is 10.1. The van der Waals surface area contributed by atoms with Gasteiger partial charge in [0.25, 0.3) is 11.5 Å². The van der Waals surface area contributed by atoms with E-state index in [2.05, 4.69) is 31.1 Å². The number of hydrogen-bond donors (Lipinski definition) is 3. The van der Waals surface area contributed by atoms with E-state index in [9.17, 15) is 9.59 Å². The highest BCUT2D eigenvalue weighted by Gasteiger charge is 2.16. The maximum Gasteiger partial charge on any atom is 0.263 e. The number of nitrogens with one attached hydrogen (secondary N) is 2. The van der Waals surface area contributed by atoms with Crippen molar-refractivity contribution in [3.8, 4) is 0 Å². The van der Waals surface area contributed by atoms with Crippen LogP contribution < -0.4 is 21.9 Å². The van der Waals surface area contributed by atoms with E-state index in [-0.39, 0.29) is 17.2 Å². The smallest absolute Gasteiger partial charge is 0.263 e. The van der Waals surface area contributed by atoms with Crippen molar-refractivity contribution in [3.63, 3.8) is 0 Å². The van der Waals surface area contributed by atoms with Gasteiger partial charge >= 0.3 is 0 Å². The third-order valence-electron chi connectivity index (χ3n) is 4.77. The van der Waals surface area contributed by atoms with Crippen molar-refractivity contribution < 1.29 is 4.79 Å². The molecule has 6 heteroatoms. The summed E-state index contributed by atoms with van der Waals surface area (Å²) in [7, 11) is 1.51. The Morgan fingerprint density at radius 2 is 2.07 bits per heavy atom. The Morgan fingerprint density at radius 3 is 2.70 bits per heavy atom. The standard InChI is InChI=1S/C21H28N4O2/c1-6-13(2)24-15(4)17-10-18(20(26)23-5)21(27)25(12-17)11-16-8-7-9-19(22)14(16)3/h7-10,12-13,24H,4,6,11,22H2,1-3,5H3,(H,23,26). The molecule has 4 N–H and O–H groups in total. The summed E-state index contributed by atoms with van der Waals surface area (Å²) in [6.45, 7) is 10.4. The van der Waals surface area contributed by atoms with E-state index in [1.165, 1.54) is 11.6 Å². The number of rotatable bonds is 7. The van der Waals surface area contributed by atoms with Crippen molar-refractivity contribution in [3.05, 3.63) is 69.6 Å². The number of nitrogens with zero attached hydrogens (tertiary/aromatic N) is 1. The molecule has 6 nitrogen and oxygen atoms in total. The molecule has 1 atom stereocenters. The van der Waals surface area contributed by atoms with Crippen LogP contribution in [0.2, 0.25) is 0 Å². The fourth-order valence-electron chi connectivity index (χ4n) is 2.76. The summed E-state index contributed by atoms with van der Waals surface area (Å²) in [6.07, 6.45) is 2.67. The lowest BCUT2D eigenvalue weighted by Gasteiger charge is -2.18. The number of aromatic nitrogens is 1. The number of carbonyl (C=O) groups is 1. The zero-order valence-corrected chi connectivity index (χ0v) is 16.4. The second-order valence-electron chi connectivity index (χ2n) is 6.72. The van der Waals surface area contributed by atoms with E-state index in [0.717, 1.165) is 17.5 Å². The Labute approximate surface area is 160 Å². The minimum absolute atomic E-state index is 0.0867. The minimum atomic E-state index is -0.420. The second-order valence-corrected chi connectivity index (χ2v) is 6.72. The average molecular weight is 368 g/mol. The van der Waals surface area contributed by atoms with Gasteiger partial charge in [-0.05, 0) is 43.5 Å². The first kappa shape index (κ1) is 20.3. The molecule has 0 saturated carbocycles. The van der Waals surface area contributed by atoms with E-state index < -0.39 is 5.91 Å². The number of nitrogens with two attached hydrogens (primary N) is 1. The number of hydrogen-bond acceptors (Lipinski definition) is 4. The summed E-state index contributed by atoms with van der Waals surface area (Å²) in [5.41, 5.74) is 9.62. The lowest BCUT2D eigenvalue weighted by Crippen LogP contribution is -2.33. The number of nitrogen functional groups attached to an aromatic ring is 1. The Morgan fingerprint density at radius 1 is 1.37 bits per heavy atom. The lowest BCUT2D eigenvalue weighted by molar-refractivity contribution is 0.0961. The highest BCUT2D eigenvalue weighted by atomic mass is 16.2. The predicted molar refractivity (Wildman–Crippen MR) is 111 cm³/mol. The molecule has 1 aromatic heterocycles. The zero-order valence-electron chi connectivity index (χ0n) is 16.4. The summed E-state index contributed by atoms with van der Waals surface area (Å²) in [5.74, 6) is -0.420. The van der Waals surface area contributed by atoms with E-state index in [1.54, 1.807) is 12.3 Å². The van der Waals surface area contributed by atoms with Crippen molar-refractivity contribution >= 4 is 17.3 Å². The second kappa shape index (κ2) is 8.58. The van der Waals surface area contributed by atoms with Gasteiger partial charge in [-0.1, -0.05) is 25.6 Å². The summed E-state index contributed by atoms with van der Waals surface area (Å²) in [5, 5.41) is 5.83. The highest BCUT2D eigenvalue weighted by molar-refractivity contribution is 5.94. The molecule has 1 amide bonds. The number of anilines is 1. The molecule has 2 aromatic rings. The number of carbonyl (C=O) groups excluding carboxylic acids is 1. The van der Waals surface area contributed by atoms with Crippen LogP contribution in [0.15, 0.2) is 41.8 Å². The van der Waals surface area contributed by atoms with Crippen LogP contribution in [-0.4, -0.2) is 23.6 Å². The first-order chi connectivity index (χ1) is 12.8. The van der Waals surface area contributed by atoms with Crippen molar-refractivity contribution in [1.29, 1.82) is 0 Å². The average Bonchev–Trinajstić information content (AvgIpc) is 2.65. The summed E-state index contributed by atoms with van der Waals surface area (Å²) >= 11 is 0. The van der Waals surface area contributed by atoms with Crippen LogP contribution in [0, 0.1) is 6.92 Å². The van der Waals surface area contributed by atoms with Crippen LogP contribution in [0.4, 0.5) is 5.69 Å². The van der Waals surface area contributed by atoms with Crippen LogP contribution in [-0.2, 0) is 6.54 Å². The van der Waals surface area contributed by atoms with Crippen LogP contribution in [0.3, 0.4) is 0 Å². The zero-order chi connectivity index (χ0) is 20.1. The molecule has 1 unspecified atom stereocenters. The molecule has 0 bridgehead atoms. The third kappa shape index (κ3) is 4.58. The van der Waals surface area contributed by atoms with Gasteiger partial charge in [0.15, 0.2) is 0 Å². The van der Waals surface area contributed by atoms with Gasteiger partial charge < -0.3 is 20.9 Å². The molecule has 144 valence electrons. The SMILES string of the molecule is C=C(NC(C)CC)c1cc(C(=O)NC)c(=O)n(Cc2cccc(N)c2C)c1. The van der Waals surface area contributed by atoms with E-state index in [1.807, 2.05) is 25.1 Å². The Hall–Kier alpha value is -3.02. The molecular formula is C21H28N4O2. The van der Waals surface area contributed by atoms with E-state index >= 15 is 0 Å². The minimum Gasteiger partial charge on any atom is -0.399 e. The quantitative estimate of drug-likeness (QED) is 0.655. The maximum absolute atomic E-state index is 12.8. The van der Waals surface area contributed by atoms with Crippen molar-refractivity contribution in [2.75, 3.05) is 12.8 Å². The topological polar surface area (TPSA) is 89.2 Å². The van der Waals surface area contributed by atoms with Crippen molar-refractivity contribution in [2.24, 2.45) is 0 Å². The predicted octanol–water partition coefficient (Wildman–Crippen LogP) is 2.51. The Bertz CT molecular complexity index is 915. The molecule has 0 aliphatic heterocycles. The van der Waals surface area contributed by atoms with Gasteiger partial charge in [0, 0.05) is 36.2 Å². The van der Waals surface area contributed by atoms with E-state index in [0.29, 0.717) is 23.5 Å².